The van der Waals surface area contributed by atoms with Gasteiger partial charge in [-0.1, -0.05) is 42.0 Å². The average molecular weight is 280 g/mol. The van der Waals surface area contributed by atoms with Gasteiger partial charge in [-0.15, -0.1) is 0 Å². The Labute approximate surface area is 125 Å². The van der Waals surface area contributed by atoms with E-state index in [2.05, 4.69) is 48.6 Å². The summed E-state index contributed by atoms with van der Waals surface area (Å²) in [6.07, 6.45) is 0. The number of benzene rings is 2. The van der Waals surface area contributed by atoms with Crippen LogP contribution in [0.3, 0.4) is 0 Å². The Morgan fingerprint density at radius 3 is 2.43 bits per heavy atom. The van der Waals surface area contributed by atoms with Crippen LogP contribution < -0.4 is 11.1 Å². The summed E-state index contributed by atoms with van der Waals surface area (Å²) in [4.78, 5) is 11.8. The Balaban J connectivity index is 2.02. The fourth-order valence-electron chi connectivity index (χ4n) is 2.87. The minimum Gasteiger partial charge on any atom is -0.325 e. The number of hydrogen-bond donors (Lipinski definition) is 2. The molecule has 0 aromatic heterocycles. The summed E-state index contributed by atoms with van der Waals surface area (Å²) in [7, 11) is 0. The third kappa shape index (κ3) is 2.34. The molecule has 2 aromatic carbocycles. The Morgan fingerprint density at radius 2 is 1.76 bits per heavy atom. The molecule has 3 rings (SSSR count). The maximum atomic E-state index is 11.8. The van der Waals surface area contributed by atoms with E-state index in [1.54, 1.807) is 0 Å². The summed E-state index contributed by atoms with van der Waals surface area (Å²) >= 11 is 0. The van der Waals surface area contributed by atoms with E-state index >= 15 is 0 Å². The van der Waals surface area contributed by atoms with Crippen molar-refractivity contribution in [2.24, 2.45) is 5.73 Å². The van der Waals surface area contributed by atoms with Crippen molar-refractivity contribution in [1.82, 2.24) is 0 Å². The van der Waals surface area contributed by atoms with Gasteiger partial charge in [-0.3, -0.25) is 4.79 Å². The first-order valence-electron chi connectivity index (χ1n) is 7.25. The summed E-state index contributed by atoms with van der Waals surface area (Å²) in [6, 6.07) is 12.2. The van der Waals surface area contributed by atoms with Crippen molar-refractivity contribution in [3.8, 4) is 0 Å². The van der Waals surface area contributed by atoms with Crippen LogP contribution in [0.1, 0.15) is 46.7 Å². The van der Waals surface area contributed by atoms with Crippen molar-refractivity contribution in [2.75, 3.05) is 5.32 Å². The highest BCUT2D eigenvalue weighted by Crippen LogP contribution is 2.37. The lowest BCUT2D eigenvalue weighted by Gasteiger charge is -2.16. The molecule has 1 heterocycles. The SMILES string of the molecule is Cc1ccc(C(N)c2cc(C)c3c(c2)C(C)C(=O)N3)cc1. The van der Waals surface area contributed by atoms with Crippen molar-refractivity contribution in [1.29, 1.82) is 0 Å². The van der Waals surface area contributed by atoms with Gasteiger partial charge in [0.2, 0.25) is 5.91 Å². The van der Waals surface area contributed by atoms with Crippen LogP contribution in [0.25, 0.3) is 0 Å². The second-order valence-electron chi connectivity index (χ2n) is 5.90. The van der Waals surface area contributed by atoms with Crippen molar-refractivity contribution in [3.05, 3.63) is 64.2 Å². The molecule has 0 saturated carbocycles. The molecule has 1 amide bonds. The molecule has 2 unspecified atom stereocenters. The van der Waals surface area contributed by atoms with Crippen LogP contribution in [0, 0.1) is 13.8 Å². The van der Waals surface area contributed by atoms with Crippen LogP contribution in [-0.4, -0.2) is 5.91 Å². The fourth-order valence-corrected chi connectivity index (χ4v) is 2.87. The Bertz CT molecular complexity index is 704. The molecule has 108 valence electrons. The van der Waals surface area contributed by atoms with Gasteiger partial charge >= 0.3 is 0 Å². The molecule has 3 N–H and O–H groups in total. The van der Waals surface area contributed by atoms with Crippen molar-refractivity contribution < 1.29 is 4.79 Å². The molecule has 2 aromatic rings. The van der Waals surface area contributed by atoms with Gasteiger partial charge in [0.25, 0.3) is 0 Å². The summed E-state index contributed by atoms with van der Waals surface area (Å²) in [6.45, 7) is 6.01. The topological polar surface area (TPSA) is 55.1 Å². The maximum Gasteiger partial charge on any atom is 0.231 e. The predicted molar refractivity (Wildman–Crippen MR) is 85.4 cm³/mol. The van der Waals surface area contributed by atoms with Crippen LogP contribution in [0.15, 0.2) is 36.4 Å². The lowest BCUT2D eigenvalue weighted by molar-refractivity contribution is -0.116. The normalized spacial score (nSPS) is 18.3. The Kier molecular flexibility index (Phi) is 3.30. The van der Waals surface area contributed by atoms with E-state index in [1.807, 2.05) is 13.8 Å². The highest BCUT2D eigenvalue weighted by atomic mass is 16.2. The number of carbonyl (C=O) groups is 1. The van der Waals surface area contributed by atoms with E-state index in [4.69, 9.17) is 5.73 Å². The Morgan fingerprint density at radius 1 is 1.10 bits per heavy atom. The number of rotatable bonds is 2. The van der Waals surface area contributed by atoms with E-state index in [9.17, 15) is 4.79 Å². The minimum atomic E-state index is -0.169. The smallest absolute Gasteiger partial charge is 0.231 e. The zero-order valence-corrected chi connectivity index (χ0v) is 12.6. The van der Waals surface area contributed by atoms with Crippen molar-refractivity contribution in [3.63, 3.8) is 0 Å². The quantitative estimate of drug-likeness (QED) is 0.885. The monoisotopic (exact) mass is 280 g/mol. The molecule has 3 nitrogen and oxygen atoms in total. The molecule has 0 aliphatic carbocycles. The lowest BCUT2D eigenvalue weighted by atomic mass is 9.92. The number of nitrogens with one attached hydrogen (secondary N) is 1. The molecule has 2 atom stereocenters. The van der Waals surface area contributed by atoms with Crippen molar-refractivity contribution >= 4 is 11.6 Å². The molecule has 0 bridgehead atoms. The van der Waals surface area contributed by atoms with E-state index in [-0.39, 0.29) is 17.9 Å². The number of anilines is 1. The van der Waals surface area contributed by atoms with E-state index in [1.165, 1.54) is 5.56 Å². The van der Waals surface area contributed by atoms with Gasteiger partial charge < -0.3 is 11.1 Å². The number of nitrogens with two attached hydrogens (primary N) is 1. The summed E-state index contributed by atoms with van der Waals surface area (Å²) in [5, 5.41) is 2.95. The van der Waals surface area contributed by atoms with Gasteiger partial charge in [0.05, 0.1) is 12.0 Å². The largest absolute Gasteiger partial charge is 0.325 e. The highest BCUT2D eigenvalue weighted by Gasteiger charge is 2.28. The second-order valence-corrected chi connectivity index (χ2v) is 5.90. The third-order valence-corrected chi connectivity index (χ3v) is 4.29. The molecule has 0 fully saturated rings. The van der Waals surface area contributed by atoms with Gasteiger partial charge in [0.15, 0.2) is 0 Å². The van der Waals surface area contributed by atoms with Crippen molar-refractivity contribution in [2.45, 2.75) is 32.7 Å². The molecule has 1 aliphatic heterocycles. The summed E-state index contributed by atoms with van der Waals surface area (Å²) < 4.78 is 0. The molecular formula is C18H20N2O. The third-order valence-electron chi connectivity index (χ3n) is 4.29. The van der Waals surface area contributed by atoms with Gasteiger partial charge in [0.1, 0.15) is 0 Å². The van der Waals surface area contributed by atoms with Gasteiger partial charge in [-0.2, -0.15) is 0 Å². The standard InChI is InChI=1S/C18H20N2O/c1-10-4-6-13(7-5-10)16(19)14-8-11(2)17-15(9-14)12(3)18(21)20-17/h4-9,12,16H,19H2,1-3H3,(H,20,21). The first kappa shape index (κ1) is 13.8. The molecule has 0 spiro atoms. The van der Waals surface area contributed by atoms with Crippen LogP contribution in [0.5, 0.6) is 0 Å². The number of hydrogen-bond acceptors (Lipinski definition) is 2. The van der Waals surface area contributed by atoms with E-state index in [0.29, 0.717) is 0 Å². The molecule has 3 heteroatoms. The van der Waals surface area contributed by atoms with Gasteiger partial charge in [0, 0.05) is 5.69 Å². The van der Waals surface area contributed by atoms with E-state index < -0.39 is 0 Å². The first-order chi connectivity index (χ1) is 9.97. The van der Waals surface area contributed by atoms with Gasteiger partial charge in [-0.25, -0.2) is 0 Å². The minimum absolute atomic E-state index is 0.0640. The van der Waals surface area contributed by atoms with Crippen LogP contribution >= 0.6 is 0 Å². The predicted octanol–water partition coefficient (Wildman–Crippen LogP) is 3.41. The Hall–Kier alpha value is -2.13. The van der Waals surface area contributed by atoms with Crippen LogP contribution in [-0.2, 0) is 4.79 Å². The lowest BCUT2D eigenvalue weighted by Crippen LogP contribution is -2.12. The molecule has 1 aliphatic rings. The molecule has 21 heavy (non-hydrogen) atoms. The number of fused-ring (bicyclic) bond motifs is 1. The zero-order chi connectivity index (χ0) is 15.1. The van der Waals surface area contributed by atoms with E-state index in [0.717, 1.165) is 27.9 Å². The highest BCUT2D eigenvalue weighted by molar-refractivity contribution is 6.03. The molecular weight excluding hydrogens is 260 g/mol. The number of carbonyl (C=O) groups excluding carboxylic acids is 1. The van der Waals surface area contributed by atoms with Crippen LogP contribution in [0.2, 0.25) is 0 Å². The number of amides is 1. The first-order valence-corrected chi connectivity index (χ1v) is 7.25. The zero-order valence-electron chi connectivity index (χ0n) is 12.6. The fraction of sp³-hybridized carbons (Fsp3) is 0.278. The average Bonchev–Trinajstić information content (AvgIpc) is 2.76. The summed E-state index contributed by atoms with van der Waals surface area (Å²) in [5.74, 6) is -0.0435. The molecule has 0 saturated heterocycles. The number of aryl methyl sites for hydroxylation is 2. The maximum absolute atomic E-state index is 11.8. The second kappa shape index (κ2) is 5.01. The summed E-state index contributed by atoms with van der Waals surface area (Å²) in [5.41, 5.74) is 12.8. The van der Waals surface area contributed by atoms with Gasteiger partial charge in [-0.05, 0) is 43.0 Å². The van der Waals surface area contributed by atoms with Crippen LogP contribution in [0.4, 0.5) is 5.69 Å². The molecule has 0 radical (unpaired) electrons.